The first-order valence-electron chi connectivity index (χ1n) is 14.7. The number of benzene rings is 4. The SMILES string of the molecule is C[C@@H](CN)CCc1ncc(-c2ccc3cc(-c4ccc5cc(-c6cnc([C@@H]7CCCN7)[nH]6)ccc5c4)ccc3c2)[nH]1. The summed E-state index contributed by atoms with van der Waals surface area (Å²) in [5, 5.41) is 8.42. The Morgan fingerprint density at radius 1 is 0.756 bits per heavy atom. The number of H-pyrrole nitrogens is 2. The van der Waals surface area contributed by atoms with Crippen LogP contribution in [0.4, 0.5) is 0 Å². The van der Waals surface area contributed by atoms with Gasteiger partial charge in [0.05, 0.1) is 29.8 Å². The van der Waals surface area contributed by atoms with Gasteiger partial charge in [-0.15, -0.1) is 0 Å². The predicted molar refractivity (Wildman–Crippen MR) is 169 cm³/mol. The van der Waals surface area contributed by atoms with Crippen LogP contribution in [0.2, 0.25) is 0 Å². The first-order chi connectivity index (χ1) is 20.1. The molecule has 3 heterocycles. The van der Waals surface area contributed by atoms with E-state index in [4.69, 9.17) is 5.73 Å². The van der Waals surface area contributed by atoms with Gasteiger partial charge < -0.3 is 21.0 Å². The number of hydrogen-bond acceptors (Lipinski definition) is 4. The van der Waals surface area contributed by atoms with E-state index in [0.717, 1.165) is 60.0 Å². The van der Waals surface area contributed by atoms with Crippen molar-refractivity contribution in [2.24, 2.45) is 11.7 Å². The molecule has 6 heteroatoms. The van der Waals surface area contributed by atoms with Gasteiger partial charge in [0, 0.05) is 17.5 Å². The molecule has 1 aliphatic heterocycles. The Bertz CT molecular complexity index is 1820. The highest BCUT2D eigenvalue weighted by molar-refractivity contribution is 5.94. The number of nitrogens with two attached hydrogens (primary N) is 1. The van der Waals surface area contributed by atoms with Gasteiger partial charge in [-0.1, -0.05) is 55.5 Å². The van der Waals surface area contributed by atoms with Gasteiger partial charge in [-0.2, -0.15) is 0 Å². The molecule has 6 aromatic rings. The molecule has 0 unspecified atom stereocenters. The molecular formula is C35H36N6. The van der Waals surface area contributed by atoms with Crippen LogP contribution in [0.3, 0.4) is 0 Å². The Morgan fingerprint density at radius 3 is 1.90 bits per heavy atom. The highest BCUT2D eigenvalue weighted by atomic mass is 15.0. The predicted octanol–water partition coefficient (Wildman–Crippen LogP) is 7.39. The second-order valence-electron chi connectivity index (χ2n) is 11.5. The molecule has 1 fully saturated rings. The van der Waals surface area contributed by atoms with Crippen molar-refractivity contribution in [1.29, 1.82) is 0 Å². The molecule has 1 saturated heterocycles. The molecule has 5 N–H and O–H groups in total. The number of imidazole rings is 2. The molecule has 0 aliphatic carbocycles. The molecule has 2 aromatic heterocycles. The summed E-state index contributed by atoms with van der Waals surface area (Å²) < 4.78 is 0. The molecule has 0 bridgehead atoms. The van der Waals surface area contributed by atoms with Gasteiger partial charge in [-0.05, 0) is 95.2 Å². The van der Waals surface area contributed by atoms with Crippen LogP contribution in [0.1, 0.15) is 43.9 Å². The van der Waals surface area contributed by atoms with Crippen LogP contribution in [0, 0.1) is 5.92 Å². The first-order valence-corrected chi connectivity index (χ1v) is 14.7. The summed E-state index contributed by atoms with van der Waals surface area (Å²) in [4.78, 5) is 16.3. The third kappa shape index (κ3) is 5.29. The van der Waals surface area contributed by atoms with Crippen molar-refractivity contribution in [3.8, 4) is 33.6 Å². The molecule has 0 spiro atoms. The van der Waals surface area contributed by atoms with Crippen molar-refractivity contribution in [1.82, 2.24) is 25.3 Å². The zero-order valence-corrected chi connectivity index (χ0v) is 23.5. The van der Waals surface area contributed by atoms with Crippen LogP contribution >= 0.6 is 0 Å². The lowest BCUT2D eigenvalue weighted by molar-refractivity contribution is 0.537. The fourth-order valence-electron chi connectivity index (χ4n) is 5.90. The number of fused-ring (bicyclic) bond motifs is 2. The third-order valence-corrected chi connectivity index (χ3v) is 8.53. The maximum Gasteiger partial charge on any atom is 0.123 e. The van der Waals surface area contributed by atoms with E-state index in [2.05, 4.69) is 105 Å². The fraction of sp³-hybridized carbons (Fsp3) is 0.257. The number of aromatic nitrogens is 4. The number of nitrogens with zero attached hydrogens (tertiary/aromatic N) is 2. The molecule has 7 rings (SSSR count). The smallest absolute Gasteiger partial charge is 0.123 e. The maximum atomic E-state index is 5.76. The minimum atomic E-state index is 0.347. The van der Waals surface area contributed by atoms with Gasteiger partial charge in [-0.3, -0.25) is 0 Å². The van der Waals surface area contributed by atoms with Crippen LogP contribution < -0.4 is 11.1 Å². The second kappa shape index (κ2) is 11.0. The normalized spacial score (nSPS) is 16.1. The van der Waals surface area contributed by atoms with Crippen molar-refractivity contribution in [2.75, 3.05) is 13.1 Å². The summed E-state index contributed by atoms with van der Waals surface area (Å²) in [6, 6.07) is 27.1. The van der Waals surface area contributed by atoms with Crippen LogP contribution in [0.15, 0.2) is 85.2 Å². The number of aryl methyl sites for hydroxylation is 1. The molecule has 6 nitrogen and oxygen atoms in total. The molecule has 4 aromatic carbocycles. The van der Waals surface area contributed by atoms with Gasteiger partial charge in [0.2, 0.25) is 0 Å². The summed E-state index contributed by atoms with van der Waals surface area (Å²) in [5.41, 5.74) is 12.6. The number of hydrogen-bond donors (Lipinski definition) is 4. The van der Waals surface area contributed by atoms with E-state index in [-0.39, 0.29) is 0 Å². The van der Waals surface area contributed by atoms with Crippen molar-refractivity contribution in [3.05, 3.63) is 96.8 Å². The first kappa shape index (κ1) is 25.7. The molecular weight excluding hydrogens is 504 g/mol. The van der Waals surface area contributed by atoms with E-state index in [1.165, 1.54) is 39.1 Å². The van der Waals surface area contributed by atoms with E-state index in [1.807, 2.05) is 12.4 Å². The van der Waals surface area contributed by atoms with Gasteiger partial charge >= 0.3 is 0 Å². The molecule has 206 valence electrons. The number of rotatable bonds is 8. The second-order valence-corrected chi connectivity index (χ2v) is 11.5. The van der Waals surface area contributed by atoms with Gasteiger partial charge in [-0.25, -0.2) is 9.97 Å². The van der Waals surface area contributed by atoms with Crippen LogP contribution in [-0.4, -0.2) is 33.0 Å². The summed E-state index contributed by atoms with van der Waals surface area (Å²) in [6.45, 7) is 3.96. The van der Waals surface area contributed by atoms with Crippen LogP contribution in [0.25, 0.3) is 55.2 Å². The topological polar surface area (TPSA) is 95.4 Å². The van der Waals surface area contributed by atoms with E-state index in [9.17, 15) is 0 Å². The Hall–Kier alpha value is -4.26. The standard InChI is InChI=1S/C35H36N6/c1-22(19-36)4-13-34-38-20-32(40-34)29-11-9-25-15-23(5-7-27(25)17-29)24-6-8-28-18-30(12-10-26(28)16-24)33-21-39-35(41-33)31-3-2-14-37-31/h5-12,15-18,20-22,31,37H,2-4,13-14,19,36H2,1H3,(H,38,40)(H,39,41)/t22-,31+/m1/s1. The van der Waals surface area contributed by atoms with Crippen molar-refractivity contribution in [3.63, 3.8) is 0 Å². The number of nitrogens with one attached hydrogen (secondary N) is 3. The summed E-state index contributed by atoms with van der Waals surface area (Å²) in [6.07, 6.45) is 8.22. The van der Waals surface area contributed by atoms with E-state index in [1.54, 1.807) is 0 Å². The van der Waals surface area contributed by atoms with Crippen LogP contribution in [0.5, 0.6) is 0 Å². The van der Waals surface area contributed by atoms with Gasteiger partial charge in [0.15, 0.2) is 0 Å². The number of aromatic amines is 2. The highest BCUT2D eigenvalue weighted by Gasteiger charge is 2.19. The monoisotopic (exact) mass is 540 g/mol. The van der Waals surface area contributed by atoms with Crippen molar-refractivity contribution < 1.29 is 0 Å². The van der Waals surface area contributed by atoms with Crippen molar-refractivity contribution in [2.45, 2.75) is 38.6 Å². The Balaban J connectivity index is 1.11. The largest absolute Gasteiger partial charge is 0.342 e. The van der Waals surface area contributed by atoms with Gasteiger partial charge in [0.25, 0.3) is 0 Å². The lowest BCUT2D eigenvalue weighted by atomic mass is 9.97. The maximum absolute atomic E-state index is 5.76. The van der Waals surface area contributed by atoms with Gasteiger partial charge in [0.1, 0.15) is 11.6 Å². The van der Waals surface area contributed by atoms with E-state index in [0.29, 0.717) is 18.5 Å². The third-order valence-electron chi connectivity index (χ3n) is 8.53. The zero-order chi connectivity index (χ0) is 27.8. The molecule has 0 saturated carbocycles. The highest BCUT2D eigenvalue weighted by Crippen LogP contribution is 2.32. The summed E-state index contributed by atoms with van der Waals surface area (Å²) in [7, 11) is 0. The Labute approximate surface area is 240 Å². The molecule has 41 heavy (non-hydrogen) atoms. The lowest BCUT2D eigenvalue weighted by Gasteiger charge is -2.09. The van der Waals surface area contributed by atoms with Crippen LogP contribution in [-0.2, 0) is 6.42 Å². The summed E-state index contributed by atoms with van der Waals surface area (Å²) in [5.74, 6) is 2.57. The lowest BCUT2D eigenvalue weighted by Crippen LogP contribution is -2.14. The fourth-order valence-corrected chi connectivity index (χ4v) is 5.90. The average Bonchev–Trinajstić information content (AvgIpc) is 3.81. The molecule has 2 atom stereocenters. The quantitative estimate of drug-likeness (QED) is 0.162. The molecule has 0 radical (unpaired) electrons. The van der Waals surface area contributed by atoms with Crippen molar-refractivity contribution >= 4 is 21.5 Å². The zero-order valence-electron chi connectivity index (χ0n) is 23.5. The Kier molecular flexibility index (Phi) is 6.87. The average molecular weight is 541 g/mol. The van der Waals surface area contributed by atoms with E-state index < -0.39 is 0 Å². The minimum Gasteiger partial charge on any atom is -0.342 e. The molecule has 0 amide bonds. The summed E-state index contributed by atoms with van der Waals surface area (Å²) >= 11 is 0. The minimum absolute atomic E-state index is 0.347. The molecule has 1 aliphatic rings. The van der Waals surface area contributed by atoms with E-state index >= 15 is 0 Å². The Morgan fingerprint density at radius 2 is 1.32 bits per heavy atom.